The molecule has 4 rings (SSSR count). The third-order valence-electron chi connectivity index (χ3n) is 4.44. The fourth-order valence-electron chi connectivity index (χ4n) is 3.29. The summed E-state index contributed by atoms with van der Waals surface area (Å²) < 4.78 is 67.6. The highest BCUT2D eigenvalue weighted by molar-refractivity contribution is 7.86. The van der Waals surface area contributed by atoms with Gasteiger partial charge < -0.3 is 0 Å². The van der Waals surface area contributed by atoms with Crippen LogP contribution in [0.2, 0.25) is 0 Å². The highest BCUT2D eigenvalue weighted by atomic mass is 32.2. The highest BCUT2D eigenvalue weighted by Crippen LogP contribution is 2.36. The number of fused-ring (bicyclic) bond motifs is 2. The van der Waals surface area contributed by atoms with Crippen LogP contribution in [0.1, 0.15) is 0 Å². The molecule has 0 aliphatic rings. The number of hydrogen-bond acceptors (Lipinski definition) is 4. The van der Waals surface area contributed by atoms with Gasteiger partial charge >= 0.3 is 0 Å². The first kappa shape index (κ1) is 18.6. The smallest absolute Gasteiger partial charge is 0.282 e. The molecule has 0 unspecified atom stereocenters. The van der Waals surface area contributed by atoms with E-state index in [4.69, 9.17) is 0 Å². The van der Waals surface area contributed by atoms with E-state index in [1.54, 1.807) is 48.5 Å². The lowest BCUT2D eigenvalue weighted by molar-refractivity contribution is 0.482. The molecular formula is C20H13O6S2. The van der Waals surface area contributed by atoms with E-state index in [0.29, 0.717) is 10.8 Å². The van der Waals surface area contributed by atoms with Crippen molar-refractivity contribution in [3.05, 3.63) is 72.8 Å². The van der Waals surface area contributed by atoms with Gasteiger partial charge in [-0.3, -0.25) is 9.11 Å². The molecule has 4 aromatic rings. The second-order valence-corrected chi connectivity index (χ2v) is 8.95. The summed E-state index contributed by atoms with van der Waals surface area (Å²) in [6.45, 7) is 0. The molecule has 4 aromatic carbocycles. The Hall–Kier alpha value is -2.78. The van der Waals surface area contributed by atoms with E-state index >= 15 is 0 Å². The van der Waals surface area contributed by atoms with Crippen molar-refractivity contribution in [3.8, 4) is 11.1 Å². The zero-order chi connectivity index (χ0) is 20.1. The molecule has 0 spiro atoms. The predicted molar refractivity (Wildman–Crippen MR) is 105 cm³/mol. The molecule has 141 valence electrons. The molecule has 0 aromatic heterocycles. The molecule has 0 amide bonds. The van der Waals surface area contributed by atoms with E-state index < -0.39 is 20.2 Å². The van der Waals surface area contributed by atoms with Crippen LogP contribution in [0.5, 0.6) is 0 Å². The third-order valence-corrected chi connectivity index (χ3v) is 6.29. The van der Waals surface area contributed by atoms with E-state index in [1.165, 1.54) is 12.1 Å². The summed E-state index contributed by atoms with van der Waals surface area (Å²) in [4.78, 5) is -0.718. The summed E-state index contributed by atoms with van der Waals surface area (Å²) in [6, 6.07) is 20.3. The number of benzene rings is 4. The number of hydrogen-bond donors (Lipinski definition) is 2. The van der Waals surface area contributed by atoms with Crippen molar-refractivity contribution in [1.29, 1.82) is 0 Å². The van der Waals surface area contributed by atoms with Gasteiger partial charge in [0.15, 0.2) is 0 Å². The van der Waals surface area contributed by atoms with Gasteiger partial charge in [0.25, 0.3) is 20.2 Å². The van der Waals surface area contributed by atoms with Gasteiger partial charge in [0.05, 0.1) is 0 Å². The monoisotopic (exact) mass is 413 g/mol. The van der Waals surface area contributed by atoms with Crippen molar-refractivity contribution < 1.29 is 25.9 Å². The highest BCUT2D eigenvalue weighted by Gasteiger charge is 2.23. The van der Waals surface area contributed by atoms with Crippen molar-refractivity contribution in [2.45, 2.75) is 9.79 Å². The Bertz CT molecular complexity index is 1460. The van der Waals surface area contributed by atoms with Crippen molar-refractivity contribution in [1.82, 2.24) is 0 Å². The largest absolute Gasteiger partial charge is 0.295 e. The average Bonchev–Trinajstić information content (AvgIpc) is 2.64. The minimum atomic E-state index is -4.64. The quantitative estimate of drug-likeness (QED) is 0.492. The standard InChI is InChI=1S/C20H13O6S2/c21-27(22,23)19-12-15(11-14-6-2-3-7-16(14)19)18-10-9-13-5-1-4-8-17(13)20(18)28(24,25)26/h1-10,12H,(H,21,22,23)(H,24,25,26). The Balaban J connectivity index is 2.17. The van der Waals surface area contributed by atoms with Gasteiger partial charge in [0.1, 0.15) is 9.79 Å². The van der Waals surface area contributed by atoms with E-state index in [9.17, 15) is 25.9 Å². The Morgan fingerprint density at radius 3 is 2.04 bits per heavy atom. The fourth-order valence-corrected chi connectivity index (χ4v) is 4.93. The molecular weight excluding hydrogens is 400 g/mol. The first-order valence-corrected chi connectivity index (χ1v) is 11.0. The second-order valence-electron chi connectivity index (χ2n) is 6.21. The molecule has 0 aliphatic heterocycles. The zero-order valence-corrected chi connectivity index (χ0v) is 15.8. The molecule has 0 aliphatic carbocycles. The maximum absolute atomic E-state index is 12.2. The first-order chi connectivity index (χ1) is 13.2. The van der Waals surface area contributed by atoms with Crippen molar-refractivity contribution >= 4 is 41.8 Å². The molecule has 6 nitrogen and oxygen atoms in total. The van der Waals surface area contributed by atoms with Gasteiger partial charge in [-0.2, -0.15) is 16.8 Å². The minimum absolute atomic E-state index is 0.0804. The molecule has 0 saturated heterocycles. The average molecular weight is 413 g/mol. The number of rotatable bonds is 3. The van der Waals surface area contributed by atoms with E-state index in [-0.39, 0.29) is 31.7 Å². The molecule has 28 heavy (non-hydrogen) atoms. The van der Waals surface area contributed by atoms with Gasteiger partial charge in [0, 0.05) is 16.3 Å². The lowest BCUT2D eigenvalue weighted by Crippen LogP contribution is -2.04. The lowest BCUT2D eigenvalue weighted by Gasteiger charge is -2.13. The molecule has 0 fully saturated rings. The van der Waals surface area contributed by atoms with Gasteiger partial charge in [0.2, 0.25) is 0 Å². The summed E-state index contributed by atoms with van der Waals surface area (Å²) in [5.74, 6) is 0. The lowest BCUT2D eigenvalue weighted by atomic mass is 9.98. The Labute approximate surface area is 161 Å². The van der Waals surface area contributed by atoms with Gasteiger partial charge in [-0.05, 0) is 28.5 Å². The molecule has 0 atom stereocenters. The zero-order valence-electron chi connectivity index (χ0n) is 14.2. The maximum atomic E-state index is 12.2. The summed E-state index contributed by atoms with van der Waals surface area (Å²) >= 11 is 0. The Morgan fingerprint density at radius 1 is 0.714 bits per heavy atom. The summed E-state index contributed by atoms with van der Waals surface area (Å²) in [5.41, 5.74) is 0.196. The van der Waals surface area contributed by atoms with Gasteiger partial charge in [-0.15, -0.1) is 0 Å². The SMILES string of the molecule is O=S(=O)(O)c1cc(-c2ccc3ccccc3c2S(=O)(=O)O)[c]c2ccccc12. The fraction of sp³-hybridized carbons (Fsp3) is 0. The van der Waals surface area contributed by atoms with Crippen LogP contribution in [0.3, 0.4) is 0 Å². The summed E-state index contributed by atoms with van der Waals surface area (Å²) in [7, 11) is -9.22. The van der Waals surface area contributed by atoms with Crippen LogP contribution in [-0.4, -0.2) is 25.9 Å². The Kier molecular flexibility index (Phi) is 4.24. The maximum Gasteiger partial charge on any atom is 0.295 e. The Morgan fingerprint density at radius 2 is 1.36 bits per heavy atom. The van der Waals surface area contributed by atoms with E-state index in [1.807, 2.05) is 0 Å². The second kappa shape index (κ2) is 6.39. The van der Waals surface area contributed by atoms with Crippen LogP contribution >= 0.6 is 0 Å². The predicted octanol–water partition coefficient (Wildman–Crippen LogP) is 3.95. The van der Waals surface area contributed by atoms with Crippen LogP contribution in [0.25, 0.3) is 32.7 Å². The third kappa shape index (κ3) is 3.16. The van der Waals surface area contributed by atoms with E-state index in [0.717, 1.165) is 6.07 Å². The van der Waals surface area contributed by atoms with Gasteiger partial charge in [-0.1, -0.05) is 60.7 Å². The van der Waals surface area contributed by atoms with Crippen molar-refractivity contribution in [2.75, 3.05) is 0 Å². The van der Waals surface area contributed by atoms with Crippen LogP contribution in [0.4, 0.5) is 0 Å². The van der Waals surface area contributed by atoms with Crippen LogP contribution in [0, 0.1) is 6.07 Å². The topological polar surface area (TPSA) is 109 Å². The first-order valence-electron chi connectivity index (χ1n) is 8.08. The van der Waals surface area contributed by atoms with Crippen LogP contribution < -0.4 is 0 Å². The summed E-state index contributed by atoms with van der Waals surface area (Å²) in [6.07, 6.45) is 0. The van der Waals surface area contributed by atoms with E-state index in [2.05, 4.69) is 6.07 Å². The van der Waals surface area contributed by atoms with Crippen molar-refractivity contribution in [2.24, 2.45) is 0 Å². The minimum Gasteiger partial charge on any atom is -0.282 e. The molecule has 8 heteroatoms. The normalized spacial score (nSPS) is 12.5. The molecule has 0 bridgehead atoms. The molecule has 0 heterocycles. The van der Waals surface area contributed by atoms with Crippen molar-refractivity contribution in [3.63, 3.8) is 0 Å². The molecule has 1 radical (unpaired) electrons. The molecule has 0 saturated carbocycles. The van der Waals surface area contributed by atoms with Crippen LogP contribution in [-0.2, 0) is 20.2 Å². The van der Waals surface area contributed by atoms with Gasteiger partial charge in [-0.25, -0.2) is 0 Å². The molecule has 2 N–H and O–H groups in total. The summed E-state index contributed by atoms with van der Waals surface area (Å²) in [5, 5.41) is 1.51. The van der Waals surface area contributed by atoms with Crippen LogP contribution in [0.15, 0.2) is 76.5 Å².